The van der Waals surface area contributed by atoms with Gasteiger partial charge in [0.2, 0.25) is 0 Å². The van der Waals surface area contributed by atoms with Crippen molar-refractivity contribution in [2.75, 3.05) is 25.1 Å². The Labute approximate surface area is 125 Å². The molecule has 1 amide bonds. The Morgan fingerprint density at radius 2 is 2.05 bits per heavy atom. The first-order valence-corrected chi connectivity index (χ1v) is 7.10. The maximum Gasteiger partial charge on any atom is 0.411 e. The van der Waals surface area contributed by atoms with Crippen LogP contribution in [0.25, 0.3) is 0 Å². The number of aliphatic hydroxyl groups is 1. The summed E-state index contributed by atoms with van der Waals surface area (Å²) in [6, 6.07) is 7.32. The number of amides is 1. The Kier molecular flexibility index (Phi) is 7.56. The van der Waals surface area contributed by atoms with Crippen LogP contribution in [0.15, 0.2) is 24.3 Å². The third-order valence-corrected chi connectivity index (χ3v) is 2.59. The molecule has 0 saturated carbocycles. The van der Waals surface area contributed by atoms with Gasteiger partial charge >= 0.3 is 6.09 Å². The fourth-order valence-corrected chi connectivity index (χ4v) is 1.59. The van der Waals surface area contributed by atoms with Crippen molar-refractivity contribution < 1.29 is 19.4 Å². The number of benzene rings is 1. The van der Waals surface area contributed by atoms with Gasteiger partial charge in [0.15, 0.2) is 0 Å². The molecular formula is C15H24N2O4. The molecule has 0 aliphatic rings. The summed E-state index contributed by atoms with van der Waals surface area (Å²) < 4.78 is 10.4. The molecule has 0 heterocycles. The van der Waals surface area contributed by atoms with Gasteiger partial charge in [-0.1, -0.05) is 26.0 Å². The van der Waals surface area contributed by atoms with Crippen molar-refractivity contribution in [2.45, 2.75) is 32.9 Å². The van der Waals surface area contributed by atoms with Gasteiger partial charge in [0.05, 0.1) is 12.3 Å². The number of hydrogen-bond acceptors (Lipinski definition) is 5. The molecule has 0 fully saturated rings. The number of carbonyl (C=O) groups excluding carboxylic acids is 1. The van der Waals surface area contributed by atoms with Crippen LogP contribution >= 0.6 is 0 Å². The second-order valence-electron chi connectivity index (χ2n) is 4.87. The zero-order valence-corrected chi connectivity index (χ0v) is 12.8. The van der Waals surface area contributed by atoms with Gasteiger partial charge in [0.25, 0.3) is 0 Å². The van der Waals surface area contributed by atoms with Crippen LogP contribution in [0.5, 0.6) is 5.75 Å². The molecule has 1 aromatic carbocycles. The van der Waals surface area contributed by atoms with E-state index in [2.05, 4.69) is 10.6 Å². The summed E-state index contributed by atoms with van der Waals surface area (Å²) in [6.07, 6.45) is -1.15. The smallest absolute Gasteiger partial charge is 0.411 e. The Balaban J connectivity index is 2.52. The normalized spacial score (nSPS) is 12.0. The highest BCUT2D eigenvalue weighted by Gasteiger charge is 2.10. The van der Waals surface area contributed by atoms with Gasteiger partial charge in [-0.15, -0.1) is 0 Å². The number of nitrogens with one attached hydrogen (secondary N) is 2. The summed E-state index contributed by atoms with van der Waals surface area (Å²) in [5.41, 5.74) is 0.514. The zero-order chi connectivity index (χ0) is 15.7. The molecule has 118 valence electrons. The van der Waals surface area contributed by atoms with Crippen molar-refractivity contribution in [3.8, 4) is 5.75 Å². The molecule has 0 aliphatic heterocycles. The van der Waals surface area contributed by atoms with Gasteiger partial charge in [0, 0.05) is 12.6 Å². The average molecular weight is 296 g/mol. The third kappa shape index (κ3) is 6.97. The van der Waals surface area contributed by atoms with Crippen molar-refractivity contribution >= 4 is 11.8 Å². The van der Waals surface area contributed by atoms with E-state index in [-0.39, 0.29) is 6.61 Å². The molecule has 6 heteroatoms. The van der Waals surface area contributed by atoms with E-state index < -0.39 is 12.2 Å². The van der Waals surface area contributed by atoms with E-state index in [9.17, 15) is 9.90 Å². The molecule has 0 bridgehead atoms. The first kappa shape index (κ1) is 17.3. The van der Waals surface area contributed by atoms with Crippen LogP contribution in [-0.4, -0.2) is 43.1 Å². The number of ether oxygens (including phenoxy) is 2. The Morgan fingerprint density at radius 3 is 2.71 bits per heavy atom. The fourth-order valence-electron chi connectivity index (χ4n) is 1.59. The lowest BCUT2D eigenvalue weighted by Crippen LogP contribution is -2.35. The average Bonchev–Trinajstić information content (AvgIpc) is 2.44. The molecular weight excluding hydrogens is 272 g/mol. The molecule has 0 radical (unpaired) electrons. The van der Waals surface area contributed by atoms with Crippen LogP contribution in [0.1, 0.15) is 20.8 Å². The van der Waals surface area contributed by atoms with Crippen LogP contribution in [0, 0.1) is 0 Å². The summed E-state index contributed by atoms with van der Waals surface area (Å²) in [5.74, 6) is 0.495. The second kappa shape index (κ2) is 9.20. The van der Waals surface area contributed by atoms with E-state index >= 15 is 0 Å². The number of aliphatic hydroxyl groups excluding tert-OH is 1. The summed E-state index contributed by atoms with van der Waals surface area (Å²) in [7, 11) is 0. The Hall–Kier alpha value is -1.79. The summed E-state index contributed by atoms with van der Waals surface area (Å²) in [5, 5.41) is 15.5. The third-order valence-electron chi connectivity index (χ3n) is 2.59. The molecule has 0 aromatic heterocycles. The molecule has 1 unspecified atom stereocenters. The van der Waals surface area contributed by atoms with E-state index in [0.29, 0.717) is 30.6 Å². The van der Waals surface area contributed by atoms with Crippen LogP contribution in [-0.2, 0) is 4.74 Å². The summed E-state index contributed by atoms with van der Waals surface area (Å²) in [4.78, 5) is 11.4. The van der Waals surface area contributed by atoms with Gasteiger partial charge in [-0.05, 0) is 19.1 Å². The van der Waals surface area contributed by atoms with Crippen molar-refractivity contribution in [1.82, 2.24) is 5.32 Å². The molecule has 0 saturated heterocycles. The number of rotatable bonds is 8. The maximum atomic E-state index is 11.4. The lowest BCUT2D eigenvalue weighted by atomic mass is 10.3. The van der Waals surface area contributed by atoms with Gasteiger partial charge in [-0.3, -0.25) is 5.32 Å². The minimum absolute atomic E-state index is 0.140. The van der Waals surface area contributed by atoms with E-state index in [1.54, 1.807) is 31.2 Å². The standard InChI is InChI=1S/C15H24N2O4/c1-4-20-15(19)17-13-7-5-6-8-14(13)21-10-12(18)9-16-11(2)3/h5-8,11-12,16,18H,4,9-10H2,1-3H3,(H,17,19). The van der Waals surface area contributed by atoms with Crippen molar-refractivity contribution in [2.24, 2.45) is 0 Å². The zero-order valence-electron chi connectivity index (χ0n) is 12.8. The molecule has 3 N–H and O–H groups in total. The SMILES string of the molecule is CCOC(=O)Nc1ccccc1OCC(O)CNC(C)C. The molecule has 0 aliphatic carbocycles. The largest absolute Gasteiger partial charge is 0.489 e. The van der Waals surface area contributed by atoms with Crippen molar-refractivity contribution in [1.29, 1.82) is 0 Å². The Bertz CT molecular complexity index is 437. The maximum absolute atomic E-state index is 11.4. The van der Waals surface area contributed by atoms with Gasteiger partial charge in [0.1, 0.15) is 18.5 Å². The number of hydrogen-bond donors (Lipinski definition) is 3. The Morgan fingerprint density at radius 1 is 1.33 bits per heavy atom. The lowest BCUT2D eigenvalue weighted by Gasteiger charge is -2.16. The van der Waals surface area contributed by atoms with Crippen LogP contribution in [0.4, 0.5) is 10.5 Å². The summed E-state index contributed by atoms with van der Waals surface area (Å²) in [6.45, 7) is 6.64. The number of carbonyl (C=O) groups is 1. The van der Waals surface area contributed by atoms with Crippen molar-refractivity contribution in [3.63, 3.8) is 0 Å². The topological polar surface area (TPSA) is 79.8 Å². The molecule has 6 nitrogen and oxygen atoms in total. The van der Waals surface area contributed by atoms with E-state index in [4.69, 9.17) is 9.47 Å². The first-order chi connectivity index (χ1) is 10.0. The van der Waals surface area contributed by atoms with Crippen LogP contribution in [0.2, 0.25) is 0 Å². The summed E-state index contributed by atoms with van der Waals surface area (Å²) >= 11 is 0. The predicted octanol–water partition coefficient (Wildman–Crippen LogP) is 1.99. The van der Waals surface area contributed by atoms with Gasteiger partial charge < -0.3 is 19.9 Å². The quantitative estimate of drug-likeness (QED) is 0.683. The number of para-hydroxylation sites is 2. The minimum atomic E-state index is -0.622. The molecule has 1 aromatic rings. The predicted molar refractivity (Wildman–Crippen MR) is 81.7 cm³/mol. The van der Waals surface area contributed by atoms with Gasteiger partial charge in [-0.2, -0.15) is 0 Å². The van der Waals surface area contributed by atoms with Gasteiger partial charge in [-0.25, -0.2) is 4.79 Å². The first-order valence-electron chi connectivity index (χ1n) is 7.10. The molecule has 21 heavy (non-hydrogen) atoms. The monoisotopic (exact) mass is 296 g/mol. The minimum Gasteiger partial charge on any atom is -0.489 e. The second-order valence-corrected chi connectivity index (χ2v) is 4.87. The van der Waals surface area contributed by atoms with Crippen molar-refractivity contribution in [3.05, 3.63) is 24.3 Å². The highest BCUT2D eigenvalue weighted by atomic mass is 16.5. The molecule has 1 atom stereocenters. The van der Waals surface area contributed by atoms with Crippen LogP contribution < -0.4 is 15.4 Å². The molecule has 1 rings (SSSR count). The lowest BCUT2D eigenvalue weighted by molar-refractivity contribution is 0.105. The van der Waals surface area contributed by atoms with E-state index in [1.807, 2.05) is 13.8 Å². The van der Waals surface area contributed by atoms with E-state index in [1.165, 1.54) is 0 Å². The van der Waals surface area contributed by atoms with Crippen LogP contribution in [0.3, 0.4) is 0 Å². The highest BCUT2D eigenvalue weighted by molar-refractivity contribution is 5.86. The number of anilines is 1. The molecule has 0 spiro atoms. The van der Waals surface area contributed by atoms with E-state index in [0.717, 1.165) is 0 Å². The fraction of sp³-hybridized carbons (Fsp3) is 0.533. The highest BCUT2D eigenvalue weighted by Crippen LogP contribution is 2.23.